The summed E-state index contributed by atoms with van der Waals surface area (Å²) in [7, 11) is 2.74. The third-order valence-corrected chi connectivity index (χ3v) is 5.09. The van der Waals surface area contributed by atoms with E-state index in [-0.39, 0.29) is 11.2 Å². The van der Waals surface area contributed by atoms with E-state index in [1.54, 1.807) is 10.6 Å². The lowest BCUT2D eigenvalue weighted by atomic mass is 10.2. The molecule has 0 saturated heterocycles. The maximum absolute atomic E-state index is 13.0. The van der Waals surface area contributed by atoms with Gasteiger partial charge in [-0.05, 0) is 24.6 Å². The van der Waals surface area contributed by atoms with Gasteiger partial charge in [0.1, 0.15) is 6.54 Å². The van der Waals surface area contributed by atoms with Crippen molar-refractivity contribution in [2.24, 2.45) is 7.05 Å². The van der Waals surface area contributed by atoms with Gasteiger partial charge in [-0.2, -0.15) is 4.98 Å². The van der Waals surface area contributed by atoms with Crippen LogP contribution in [0.1, 0.15) is 6.42 Å². The molecule has 0 fully saturated rings. The quantitative estimate of drug-likeness (QED) is 0.611. The van der Waals surface area contributed by atoms with E-state index < -0.39 is 23.8 Å². The van der Waals surface area contributed by atoms with E-state index in [0.717, 1.165) is 16.7 Å². The third kappa shape index (κ3) is 2.78. The molecule has 10 heteroatoms. The number of aromatic nitrogens is 4. The number of anilines is 2. The van der Waals surface area contributed by atoms with Crippen LogP contribution < -0.4 is 16.1 Å². The molecule has 0 unspecified atom stereocenters. The van der Waals surface area contributed by atoms with Crippen molar-refractivity contribution in [2.75, 3.05) is 18.6 Å². The predicted octanol–water partition coefficient (Wildman–Crippen LogP) is 1.26. The first-order valence-corrected chi connectivity index (χ1v) is 9.10. The number of hydrogen-bond donors (Lipinski definition) is 0. The Bertz CT molecular complexity index is 1210. The Balaban J connectivity index is 1.96. The minimum absolute atomic E-state index is 0.278. The summed E-state index contributed by atoms with van der Waals surface area (Å²) in [6.45, 7) is 0.832. The first-order chi connectivity index (χ1) is 13.4. The van der Waals surface area contributed by atoms with Crippen molar-refractivity contribution in [1.29, 1.82) is 0 Å². The highest BCUT2D eigenvalue weighted by atomic mass is 35.5. The smallest absolute Gasteiger partial charge is 0.333 e. The van der Waals surface area contributed by atoms with E-state index in [4.69, 9.17) is 11.6 Å². The van der Waals surface area contributed by atoms with E-state index in [2.05, 4.69) is 9.72 Å². The molecule has 0 saturated carbocycles. The van der Waals surface area contributed by atoms with Crippen LogP contribution in [0.5, 0.6) is 0 Å². The fraction of sp³-hybridized carbons (Fsp3) is 0.333. The number of hydrogen-bond acceptors (Lipinski definition) is 6. The Morgan fingerprint density at radius 1 is 1.29 bits per heavy atom. The van der Waals surface area contributed by atoms with Crippen molar-refractivity contribution in [2.45, 2.75) is 19.5 Å². The Morgan fingerprint density at radius 2 is 2.07 bits per heavy atom. The van der Waals surface area contributed by atoms with Gasteiger partial charge in [-0.15, -0.1) is 0 Å². The van der Waals surface area contributed by atoms with Crippen molar-refractivity contribution in [3.05, 3.63) is 50.1 Å². The molecule has 0 bridgehead atoms. The third-order valence-electron chi connectivity index (χ3n) is 4.85. The van der Waals surface area contributed by atoms with Crippen molar-refractivity contribution in [3.8, 4) is 0 Å². The maximum atomic E-state index is 13.0. The summed E-state index contributed by atoms with van der Waals surface area (Å²) in [5, 5.41) is 0.596. The van der Waals surface area contributed by atoms with Gasteiger partial charge in [-0.25, -0.2) is 9.36 Å². The van der Waals surface area contributed by atoms with Gasteiger partial charge in [-0.3, -0.25) is 14.2 Å². The largest absolute Gasteiger partial charge is 0.468 e. The standard InChI is InChI=1S/C18H18ClN5O4/c1-21-15-14(16(26)24(18(21)27)10-13(25)28-2)23-8-4-7-22(17(23)20-15)12-6-3-5-11(19)9-12/h3,5-6,9H,4,7-8,10H2,1-2H3. The second kappa shape index (κ2) is 6.83. The number of nitrogens with zero attached hydrogens (tertiary/aromatic N) is 5. The lowest BCUT2D eigenvalue weighted by Gasteiger charge is -2.29. The highest BCUT2D eigenvalue weighted by Gasteiger charge is 2.27. The molecule has 28 heavy (non-hydrogen) atoms. The Morgan fingerprint density at radius 3 is 2.79 bits per heavy atom. The molecule has 0 N–H and O–H groups in total. The number of fused-ring (bicyclic) bond motifs is 3. The molecular weight excluding hydrogens is 386 g/mol. The number of aryl methyl sites for hydroxylation is 2. The zero-order valence-electron chi connectivity index (χ0n) is 15.4. The Labute approximate surface area is 164 Å². The van der Waals surface area contributed by atoms with E-state index in [9.17, 15) is 14.4 Å². The summed E-state index contributed by atoms with van der Waals surface area (Å²) in [5.41, 5.74) is 0.235. The van der Waals surface area contributed by atoms with Crippen LogP contribution >= 0.6 is 11.6 Å². The van der Waals surface area contributed by atoms with Gasteiger partial charge < -0.3 is 14.2 Å². The van der Waals surface area contributed by atoms with E-state index in [0.29, 0.717) is 24.1 Å². The molecule has 9 nitrogen and oxygen atoms in total. The van der Waals surface area contributed by atoms with Gasteiger partial charge in [0.25, 0.3) is 5.56 Å². The molecule has 3 aromatic rings. The number of esters is 1. The molecule has 1 aliphatic heterocycles. The fourth-order valence-electron chi connectivity index (χ4n) is 3.49. The first kappa shape index (κ1) is 18.3. The van der Waals surface area contributed by atoms with Crippen molar-refractivity contribution in [1.82, 2.24) is 18.7 Å². The molecule has 0 amide bonds. The maximum Gasteiger partial charge on any atom is 0.333 e. The summed E-state index contributed by atoms with van der Waals surface area (Å²) in [5.74, 6) is -0.107. The molecule has 3 heterocycles. The highest BCUT2D eigenvalue weighted by molar-refractivity contribution is 6.30. The topological polar surface area (TPSA) is 91.4 Å². The summed E-state index contributed by atoms with van der Waals surface area (Å²) in [6, 6.07) is 7.37. The minimum Gasteiger partial charge on any atom is -0.468 e. The zero-order valence-corrected chi connectivity index (χ0v) is 16.1. The molecule has 2 aromatic heterocycles. The minimum atomic E-state index is -0.669. The van der Waals surface area contributed by atoms with Gasteiger partial charge in [-0.1, -0.05) is 17.7 Å². The van der Waals surface area contributed by atoms with Crippen LogP contribution in [0.3, 0.4) is 0 Å². The zero-order chi connectivity index (χ0) is 20.0. The monoisotopic (exact) mass is 403 g/mol. The van der Waals surface area contributed by atoms with Crippen LogP contribution in [0.15, 0.2) is 33.9 Å². The second-order valence-electron chi connectivity index (χ2n) is 6.53. The number of halogens is 1. The lowest BCUT2D eigenvalue weighted by molar-refractivity contribution is -0.141. The van der Waals surface area contributed by atoms with Gasteiger partial charge in [0.05, 0.1) is 7.11 Å². The number of imidazole rings is 1. The van der Waals surface area contributed by atoms with Crippen molar-refractivity contribution >= 4 is 40.4 Å². The summed E-state index contributed by atoms with van der Waals surface area (Å²) >= 11 is 6.13. The van der Waals surface area contributed by atoms with Gasteiger partial charge in [0.15, 0.2) is 11.2 Å². The van der Waals surface area contributed by atoms with Gasteiger partial charge in [0.2, 0.25) is 5.95 Å². The molecular formula is C18H18ClN5O4. The normalized spacial score (nSPS) is 13.6. The van der Waals surface area contributed by atoms with Crippen LogP contribution in [0.4, 0.5) is 11.6 Å². The Hall–Kier alpha value is -3.07. The molecule has 146 valence electrons. The molecule has 0 aliphatic carbocycles. The number of rotatable bonds is 3. The number of ether oxygens (including phenoxy) is 1. The average molecular weight is 404 g/mol. The Kier molecular flexibility index (Phi) is 4.46. The molecule has 1 aromatic carbocycles. The van der Waals surface area contributed by atoms with Crippen LogP contribution in [0.2, 0.25) is 5.02 Å². The highest BCUT2D eigenvalue weighted by Crippen LogP contribution is 2.32. The number of benzene rings is 1. The van der Waals surface area contributed by atoms with Crippen LogP contribution in [-0.4, -0.2) is 38.3 Å². The number of methoxy groups -OCH3 is 1. The molecule has 1 aliphatic rings. The van der Waals surface area contributed by atoms with Crippen LogP contribution in [0, 0.1) is 0 Å². The summed E-state index contributed by atoms with van der Waals surface area (Å²) < 4.78 is 8.55. The molecule has 4 rings (SSSR count). The van der Waals surface area contributed by atoms with E-state index in [1.165, 1.54) is 18.7 Å². The van der Waals surface area contributed by atoms with Crippen molar-refractivity contribution < 1.29 is 9.53 Å². The predicted molar refractivity (Wildman–Crippen MR) is 104 cm³/mol. The first-order valence-electron chi connectivity index (χ1n) is 8.72. The average Bonchev–Trinajstić information content (AvgIpc) is 3.09. The fourth-order valence-corrected chi connectivity index (χ4v) is 3.67. The molecule has 0 radical (unpaired) electrons. The summed E-state index contributed by atoms with van der Waals surface area (Å²) in [6.07, 6.45) is 0.782. The van der Waals surface area contributed by atoms with Crippen molar-refractivity contribution in [3.63, 3.8) is 0 Å². The van der Waals surface area contributed by atoms with E-state index in [1.807, 2.05) is 23.1 Å². The summed E-state index contributed by atoms with van der Waals surface area (Å²) in [4.78, 5) is 43.8. The van der Waals surface area contributed by atoms with Gasteiger partial charge >= 0.3 is 11.7 Å². The van der Waals surface area contributed by atoms with Crippen LogP contribution in [0.25, 0.3) is 11.2 Å². The molecule has 0 atom stereocenters. The lowest BCUT2D eigenvalue weighted by Crippen LogP contribution is -2.41. The molecule has 0 spiro atoms. The number of carbonyl (C=O) groups is 1. The SMILES string of the molecule is COC(=O)Cn1c(=O)c2c(nc3n2CCCN3c2cccc(Cl)c2)n(C)c1=O. The number of carbonyl (C=O) groups excluding carboxylic acids is 1. The van der Waals surface area contributed by atoms with Gasteiger partial charge in [0, 0.05) is 30.8 Å². The van der Waals surface area contributed by atoms with Crippen LogP contribution in [-0.2, 0) is 29.7 Å². The second-order valence-corrected chi connectivity index (χ2v) is 6.97. The van der Waals surface area contributed by atoms with E-state index >= 15 is 0 Å².